The number of likely N-dealkylation sites (tertiary alicyclic amines) is 1. The lowest BCUT2D eigenvalue weighted by Gasteiger charge is -2.33. The normalized spacial score (nSPS) is 15.1. The molecule has 8 nitrogen and oxygen atoms in total. The fraction of sp³-hybridized carbons (Fsp3) is 0.407. The summed E-state index contributed by atoms with van der Waals surface area (Å²) in [5, 5.41) is 6.53. The highest BCUT2D eigenvalue weighted by molar-refractivity contribution is 5.90. The Morgan fingerprint density at radius 1 is 1.06 bits per heavy atom. The third kappa shape index (κ3) is 4.78. The van der Waals surface area contributed by atoms with Crippen LogP contribution in [0.1, 0.15) is 45.2 Å². The maximum Gasteiger partial charge on any atom is 0.410 e. The van der Waals surface area contributed by atoms with Gasteiger partial charge in [0.2, 0.25) is 0 Å². The van der Waals surface area contributed by atoms with Crippen LogP contribution in [0.15, 0.2) is 42.7 Å². The van der Waals surface area contributed by atoms with Crippen molar-refractivity contribution in [1.82, 2.24) is 24.6 Å². The number of hydrogen-bond acceptors (Lipinski definition) is 6. The second-order valence-electron chi connectivity index (χ2n) is 10.2. The van der Waals surface area contributed by atoms with Crippen molar-refractivity contribution in [3.63, 3.8) is 0 Å². The summed E-state index contributed by atoms with van der Waals surface area (Å²) >= 11 is 0. The Kier molecular flexibility index (Phi) is 5.83. The molecule has 3 aromatic heterocycles. The molecule has 1 amide bonds. The molecule has 0 unspecified atom stereocenters. The molecule has 4 heterocycles. The van der Waals surface area contributed by atoms with E-state index in [4.69, 9.17) is 19.4 Å². The molecule has 0 atom stereocenters. The number of ether oxygens (including phenoxy) is 2. The van der Waals surface area contributed by atoms with E-state index in [1.807, 2.05) is 46.3 Å². The van der Waals surface area contributed by atoms with E-state index >= 15 is 0 Å². The highest BCUT2D eigenvalue weighted by Crippen LogP contribution is 2.34. The van der Waals surface area contributed by atoms with Crippen LogP contribution in [0.3, 0.4) is 0 Å². The Morgan fingerprint density at radius 2 is 1.83 bits per heavy atom. The highest BCUT2D eigenvalue weighted by atomic mass is 16.6. The molecule has 1 aromatic carbocycles. The van der Waals surface area contributed by atoms with Crippen molar-refractivity contribution in [3.05, 3.63) is 48.4 Å². The maximum atomic E-state index is 12.4. The number of aromatic nitrogens is 4. The smallest absolute Gasteiger partial charge is 0.410 e. The zero-order chi connectivity index (χ0) is 24.7. The standard InChI is InChI=1S/C27H31N5O3/c1-27(2,3)35-26(33)32-10-8-17(9-11-32)21-7-6-18-13-23(28-15-24(18)29-21)20-12-19-16-31(4)30-22(19)14-25(20)34-5/h6-7,12-17H,8-11H2,1-5H3. The average molecular weight is 474 g/mol. The molecule has 0 bridgehead atoms. The quantitative estimate of drug-likeness (QED) is 0.401. The molecule has 1 saturated heterocycles. The molecule has 0 radical (unpaired) electrons. The second kappa shape index (κ2) is 8.83. The summed E-state index contributed by atoms with van der Waals surface area (Å²) in [7, 11) is 3.57. The monoisotopic (exact) mass is 473 g/mol. The van der Waals surface area contributed by atoms with E-state index < -0.39 is 5.60 Å². The van der Waals surface area contributed by atoms with E-state index in [0.29, 0.717) is 19.0 Å². The number of fused-ring (bicyclic) bond motifs is 2. The minimum atomic E-state index is -0.479. The summed E-state index contributed by atoms with van der Waals surface area (Å²) in [5.41, 5.74) is 4.08. The Labute approximate surface area is 204 Å². The van der Waals surface area contributed by atoms with Gasteiger partial charge in [-0.3, -0.25) is 14.6 Å². The minimum absolute atomic E-state index is 0.237. The fourth-order valence-electron chi connectivity index (χ4n) is 4.65. The first-order valence-electron chi connectivity index (χ1n) is 12.0. The van der Waals surface area contributed by atoms with Gasteiger partial charge in [0.05, 0.1) is 30.0 Å². The van der Waals surface area contributed by atoms with E-state index in [1.54, 1.807) is 16.7 Å². The molecule has 5 rings (SSSR count). The van der Waals surface area contributed by atoms with Crippen LogP contribution in [0, 0.1) is 0 Å². The van der Waals surface area contributed by atoms with Crippen molar-refractivity contribution < 1.29 is 14.3 Å². The number of aryl methyl sites for hydroxylation is 1. The van der Waals surface area contributed by atoms with Gasteiger partial charge in [-0.15, -0.1) is 0 Å². The van der Waals surface area contributed by atoms with Crippen LogP contribution in [0.5, 0.6) is 5.75 Å². The van der Waals surface area contributed by atoms with Crippen molar-refractivity contribution in [2.24, 2.45) is 7.05 Å². The van der Waals surface area contributed by atoms with Crippen LogP contribution in [-0.4, -0.2) is 56.5 Å². The van der Waals surface area contributed by atoms with Crippen molar-refractivity contribution >= 4 is 27.9 Å². The summed E-state index contributed by atoms with van der Waals surface area (Å²) in [5.74, 6) is 1.05. The number of carbonyl (C=O) groups excluding carboxylic acids is 1. The van der Waals surface area contributed by atoms with E-state index in [0.717, 1.165) is 57.3 Å². The van der Waals surface area contributed by atoms with Gasteiger partial charge in [0.25, 0.3) is 0 Å². The molecule has 1 fully saturated rings. The summed E-state index contributed by atoms with van der Waals surface area (Å²) in [6.45, 7) is 7.02. The van der Waals surface area contributed by atoms with Gasteiger partial charge in [-0.1, -0.05) is 6.07 Å². The maximum absolute atomic E-state index is 12.4. The van der Waals surface area contributed by atoms with Crippen LogP contribution < -0.4 is 4.74 Å². The first kappa shape index (κ1) is 23.1. The van der Waals surface area contributed by atoms with Gasteiger partial charge in [-0.05, 0) is 51.8 Å². The van der Waals surface area contributed by atoms with Gasteiger partial charge in [-0.25, -0.2) is 4.79 Å². The zero-order valence-electron chi connectivity index (χ0n) is 20.9. The fourth-order valence-corrected chi connectivity index (χ4v) is 4.65. The number of nitrogens with zero attached hydrogens (tertiary/aromatic N) is 5. The van der Waals surface area contributed by atoms with E-state index in [-0.39, 0.29) is 6.09 Å². The number of methoxy groups -OCH3 is 1. The molecular weight excluding hydrogens is 442 g/mol. The highest BCUT2D eigenvalue weighted by Gasteiger charge is 2.28. The van der Waals surface area contributed by atoms with Gasteiger partial charge < -0.3 is 14.4 Å². The third-order valence-electron chi connectivity index (χ3n) is 6.38. The summed E-state index contributed by atoms with van der Waals surface area (Å²) in [4.78, 5) is 23.8. The van der Waals surface area contributed by atoms with E-state index in [2.05, 4.69) is 29.4 Å². The number of amides is 1. The summed E-state index contributed by atoms with van der Waals surface area (Å²) in [6.07, 6.45) is 5.31. The number of carbonyl (C=O) groups is 1. The van der Waals surface area contributed by atoms with Crippen molar-refractivity contribution in [2.75, 3.05) is 20.2 Å². The third-order valence-corrected chi connectivity index (χ3v) is 6.38. The number of benzene rings is 1. The average Bonchev–Trinajstić information content (AvgIpc) is 3.20. The summed E-state index contributed by atoms with van der Waals surface area (Å²) in [6, 6.07) is 10.3. The number of piperidine rings is 1. The van der Waals surface area contributed by atoms with E-state index in [9.17, 15) is 4.79 Å². The molecule has 0 N–H and O–H groups in total. The summed E-state index contributed by atoms with van der Waals surface area (Å²) < 4.78 is 12.9. The van der Waals surface area contributed by atoms with Gasteiger partial charge in [0.1, 0.15) is 11.4 Å². The van der Waals surface area contributed by atoms with Crippen molar-refractivity contribution in [3.8, 4) is 17.0 Å². The number of hydrogen-bond donors (Lipinski definition) is 0. The molecule has 1 aliphatic heterocycles. The van der Waals surface area contributed by atoms with E-state index in [1.165, 1.54) is 0 Å². The molecule has 1 aliphatic rings. The lowest BCUT2D eigenvalue weighted by molar-refractivity contribution is 0.0204. The largest absolute Gasteiger partial charge is 0.496 e. The molecule has 0 saturated carbocycles. The first-order chi connectivity index (χ1) is 16.7. The van der Waals surface area contributed by atoms with Gasteiger partial charge >= 0.3 is 6.09 Å². The Balaban J connectivity index is 1.36. The van der Waals surface area contributed by atoms with Crippen molar-refractivity contribution in [1.29, 1.82) is 0 Å². The molecule has 0 spiro atoms. The molecule has 8 heteroatoms. The molecular formula is C27H31N5O3. The lowest BCUT2D eigenvalue weighted by Crippen LogP contribution is -2.41. The Hall–Kier alpha value is -3.68. The van der Waals surface area contributed by atoms with Crippen LogP contribution in [0.4, 0.5) is 4.79 Å². The van der Waals surface area contributed by atoms with Crippen LogP contribution in [0.25, 0.3) is 33.1 Å². The Morgan fingerprint density at radius 3 is 2.54 bits per heavy atom. The van der Waals surface area contributed by atoms with Gasteiger partial charge in [0, 0.05) is 60.3 Å². The predicted molar refractivity (Wildman–Crippen MR) is 136 cm³/mol. The molecule has 182 valence electrons. The minimum Gasteiger partial charge on any atom is -0.496 e. The Bertz CT molecular complexity index is 1400. The second-order valence-corrected chi connectivity index (χ2v) is 10.2. The molecule has 35 heavy (non-hydrogen) atoms. The number of pyridine rings is 2. The predicted octanol–water partition coefficient (Wildman–Crippen LogP) is 5.31. The topological polar surface area (TPSA) is 82.4 Å². The van der Waals surface area contributed by atoms with Crippen LogP contribution in [-0.2, 0) is 11.8 Å². The molecule has 4 aromatic rings. The van der Waals surface area contributed by atoms with Gasteiger partial charge in [-0.2, -0.15) is 5.10 Å². The van der Waals surface area contributed by atoms with Crippen molar-refractivity contribution in [2.45, 2.75) is 45.1 Å². The lowest BCUT2D eigenvalue weighted by atomic mass is 9.93. The SMILES string of the molecule is COc1cc2nn(C)cc2cc1-c1cc2ccc(C3CCN(C(=O)OC(C)(C)C)CC3)nc2cn1. The van der Waals surface area contributed by atoms with Gasteiger partial charge in [0.15, 0.2) is 0 Å². The zero-order valence-corrected chi connectivity index (χ0v) is 20.9. The number of rotatable bonds is 3. The van der Waals surface area contributed by atoms with Crippen LogP contribution >= 0.6 is 0 Å². The first-order valence-corrected chi connectivity index (χ1v) is 12.0. The van der Waals surface area contributed by atoms with Crippen LogP contribution in [0.2, 0.25) is 0 Å². The molecule has 0 aliphatic carbocycles.